The van der Waals surface area contributed by atoms with Gasteiger partial charge in [-0.05, 0) is 25.8 Å². The molecule has 3 heteroatoms. The van der Waals surface area contributed by atoms with Gasteiger partial charge in [0.1, 0.15) is 11.4 Å². The number of aromatic nitrogens is 2. The van der Waals surface area contributed by atoms with Crippen molar-refractivity contribution >= 4 is 11.0 Å². The number of H-pyrrole nitrogens is 1. The van der Waals surface area contributed by atoms with Crippen molar-refractivity contribution in [2.45, 2.75) is 25.4 Å². The number of ether oxygens (including phenoxy) is 1. The number of nitrogens with zero attached hydrogens (tertiary/aromatic N) is 1. The Labute approximate surface area is 82.1 Å². The minimum Gasteiger partial charge on any atom is -0.486 e. The van der Waals surface area contributed by atoms with Gasteiger partial charge in [-0.2, -0.15) is 0 Å². The molecule has 0 unspecified atom stereocenters. The van der Waals surface area contributed by atoms with Crippen molar-refractivity contribution in [3.05, 3.63) is 24.5 Å². The highest BCUT2D eigenvalue weighted by Gasteiger charge is 2.40. The minimum atomic E-state index is 0.0714. The number of rotatable bonds is 2. The predicted molar refractivity (Wildman–Crippen MR) is 54.4 cm³/mol. The van der Waals surface area contributed by atoms with Gasteiger partial charge < -0.3 is 9.72 Å². The molecule has 3 rings (SSSR count). The van der Waals surface area contributed by atoms with E-state index in [1.165, 1.54) is 0 Å². The van der Waals surface area contributed by atoms with Crippen molar-refractivity contribution in [2.24, 2.45) is 0 Å². The van der Waals surface area contributed by atoms with Gasteiger partial charge in [0.2, 0.25) is 0 Å². The summed E-state index contributed by atoms with van der Waals surface area (Å²) in [4.78, 5) is 7.42. The highest BCUT2D eigenvalue weighted by Crippen LogP contribution is 2.39. The quantitative estimate of drug-likeness (QED) is 0.786. The molecule has 1 aliphatic carbocycles. The molecule has 2 aromatic rings. The molecule has 14 heavy (non-hydrogen) atoms. The fourth-order valence-electron chi connectivity index (χ4n) is 1.53. The molecule has 1 saturated carbocycles. The fraction of sp³-hybridized carbons (Fsp3) is 0.364. The van der Waals surface area contributed by atoms with Gasteiger partial charge in [0.25, 0.3) is 0 Å². The van der Waals surface area contributed by atoms with Gasteiger partial charge in [0.05, 0.1) is 17.2 Å². The maximum absolute atomic E-state index is 5.81. The van der Waals surface area contributed by atoms with E-state index in [0.717, 1.165) is 29.6 Å². The van der Waals surface area contributed by atoms with Gasteiger partial charge in [0, 0.05) is 12.3 Å². The van der Waals surface area contributed by atoms with E-state index >= 15 is 0 Å². The van der Waals surface area contributed by atoms with Crippen LogP contribution < -0.4 is 4.74 Å². The summed E-state index contributed by atoms with van der Waals surface area (Å²) >= 11 is 0. The molecule has 0 spiro atoms. The van der Waals surface area contributed by atoms with Crippen LogP contribution in [0.3, 0.4) is 0 Å². The van der Waals surface area contributed by atoms with E-state index in [1.807, 2.05) is 18.3 Å². The molecule has 0 saturated heterocycles. The van der Waals surface area contributed by atoms with Gasteiger partial charge in [-0.1, -0.05) is 0 Å². The van der Waals surface area contributed by atoms with E-state index in [4.69, 9.17) is 4.74 Å². The number of hydrogen-bond donors (Lipinski definition) is 1. The predicted octanol–water partition coefficient (Wildman–Crippen LogP) is 2.49. The van der Waals surface area contributed by atoms with Gasteiger partial charge in [-0.3, -0.25) is 4.98 Å². The Hall–Kier alpha value is -1.51. The Morgan fingerprint density at radius 3 is 3.14 bits per heavy atom. The first-order valence-corrected chi connectivity index (χ1v) is 4.87. The second-order valence-corrected chi connectivity index (χ2v) is 4.13. The summed E-state index contributed by atoms with van der Waals surface area (Å²) in [6, 6.07) is 3.96. The molecule has 0 aliphatic heterocycles. The number of nitrogens with one attached hydrogen (secondary N) is 1. The highest BCUT2D eigenvalue weighted by atomic mass is 16.5. The monoisotopic (exact) mass is 188 g/mol. The number of fused-ring (bicyclic) bond motifs is 1. The van der Waals surface area contributed by atoms with Crippen LogP contribution in [0.1, 0.15) is 19.8 Å². The van der Waals surface area contributed by atoms with Crippen molar-refractivity contribution < 1.29 is 4.74 Å². The lowest BCUT2D eigenvalue weighted by Gasteiger charge is -2.11. The summed E-state index contributed by atoms with van der Waals surface area (Å²) in [5, 5.41) is 0. The number of pyridine rings is 1. The van der Waals surface area contributed by atoms with Gasteiger partial charge >= 0.3 is 0 Å². The van der Waals surface area contributed by atoms with E-state index in [9.17, 15) is 0 Å². The summed E-state index contributed by atoms with van der Waals surface area (Å²) in [6.45, 7) is 2.13. The average Bonchev–Trinajstić information content (AvgIpc) is 2.73. The lowest BCUT2D eigenvalue weighted by atomic mass is 10.3. The van der Waals surface area contributed by atoms with Crippen LogP contribution in [0, 0.1) is 0 Å². The standard InChI is InChI=1S/C11H12N2O/c1-11(3-4-11)14-8-6-10-9(13-7-8)2-5-12-10/h2,5-7,12H,3-4H2,1H3. The molecule has 0 atom stereocenters. The van der Waals surface area contributed by atoms with Crippen LogP contribution in [-0.4, -0.2) is 15.6 Å². The molecule has 0 bridgehead atoms. The van der Waals surface area contributed by atoms with Crippen LogP contribution in [-0.2, 0) is 0 Å². The Bertz CT molecular complexity index is 471. The van der Waals surface area contributed by atoms with Crippen molar-refractivity contribution in [3.63, 3.8) is 0 Å². The van der Waals surface area contributed by atoms with Gasteiger partial charge in [-0.15, -0.1) is 0 Å². The first-order chi connectivity index (χ1) is 6.75. The van der Waals surface area contributed by atoms with E-state index < -0.39 is 0 Å². The second kappa shape index (κ2) is 2.50. The van der Waals surface area contributed by atoms with Crippen LogP contribution in [0.5, 0.6) is 5.75 Å². The molecule has 72 valence electrons. The summed E-state index contributed by atoms with van der Waals surface area (Å²) in [5.41, 5.74) is 2.09. The molecule has 0 amide bonds. The normalized spacial score (nSPS) is 18.4. The molecule has 0 aromatic carbocycles. The summed E-state index contributed by atoms with van der Waals surface area (Å²) in [6.07, 6.45) is 5.98. The summed E-state index contributed by atoms with van der Waals surface area (Å²) in [5.74, 6) is 0.861. The average molecular weight is 188 g/mol. The zero-order chi connectivity index (χ0) is 9.60. The van der Waals surface area contributed by atoms with Gasteiger partial charge in [-0.25, -0.2) is 0 Å². The topological polar surface area (TPSA) is 37.9 Å². The zero-order valence-electron chi connectivity index (χ0n) is 8.08. The largest absolute Gasteiger partial charge is 0.486 e. The molecule has 3 nitrogen and oxygen atoms in total. The SMILES string of the molecule is CC1(Oc2cnc3cc[nH]c3c2)CC1. The lowest BCUT2D eigenvalue weighted by Crippen LogP contribution is -2.11. The maximum Gasteiger partial charge on any atom is 0.140 e. The molecule has 1 N–H and O–H groups in total. The first-order valence-electron chi connectivity index (χ1n) is 4.87. The third-order valence-corrected chi connectivity index (χ3v) is 2.69. The molecule has 2 aromatic heterocycles. The summed E-state index contributed by atoms with van der Waals surface area (Å²) < 4.78 is 5.81. The third kappa shape index (κ3) is 1.25. The first kappa shape index (κ1) is 7.85. The fourth-order valence-corrected chi connectivity index (χ4v) is 1.53. The highest BCUT2D eigenvalue weighted by molar-refractivity contribution is 5.75. The molecular formula is C11H12N2O. The molecule has 1 fully saturated rings. The van der Waals surface area contributed by atoms with Crippen LogP contribution in [0.2, 0.25) is 0 Å². The van der Waals surface area contributed by atoms with E-state index in [2.05, 4.69) is 16.9 Å². The van der Waals surface area contributed by atoms with E-state index in [-0.39, 0.29) is 5.60 Å². The van der Waals surface area contributed by atoms with Gasteiger partial charge in [0.15, 0.2) is 0 Å². The maximum atomic E-state index is 5.81. The molecular weight excluding hydrogens is 176 g/mol. The Morgan fingerprint density at radius 1 is 1.50 bits per heavy atom. The van der Waals surface area contributed by atoms with Crippen LogP contribution in [0.15, 0.2) is 24.5 Å². The van der Waals surface area contributed by atoms with E-state index in [1.54, 1.807) is 6.20 Å². The Morgan fingerprint density at radius 2 is 2.36 bits per heavy atom. The van der Waals surface area contributed by atoms with Crippen molar-refractivity contribution in [1.82, 2.24) is 9.97 Å². The number of hydrogen-bond acceptors (Lipinski definition) is 2. The smallest absolute Gasteiger partial charge is 0.140 e. The second-order valence-electron chi connectivity index (χ2n) is 4.13. The number of aromatic amines is 1. The van der Waals surface area contributed by atoms with E-state index in [0.29, 0.717) is 0 Å². The van der Waals surface area contributed by atoms with Crippen LogP contribution in [0.25, 0.3) is 11.0 Å². The van der Waals surface area contributed by atoms with Crippen molar-refractivity contribution in [1.29, 1.82) is 0 Å². The zero-order valence-corrected chi connectivity index (χ0v) is 8.08. The molecule has 1 aliphatic rings. The minimum absolute atomic E-state index is 0.0714. The Kier molecular flexibility index (Phi) is 1.40. The van der Waals surface area contributed by atoms with Crippen molar-refractivity contribution in [2.75, 3.05) is 0 Å². The third-order valence-electron chi connectivity index (χ3n) is 2.69. The Balaban J connectivity index is 1.97. The lowest BCUT2D eigenvalue weighted by molar-refractivity contribution is 0.200. The summed E-state index contributed by atoms with van der Waals surface area (Å²) in [7, 11) is 0. The molecule has 2 heterocycles. The molecule has 0 radical (unpaired) electrons. The van der Waals surface area contributed by atoms with Crippen molar-refractivity contribution in [3.8, 4) is 5.75 Å². The van der Waals surface area contributed by atoms with Crippen LogP contribution >= 0.6 is 0 Å². The van der Waals surface area contributed by atoms with Crippen LogP contribution in [0.4, 0.5) is 0 Å².